The third-order valence-electron chi connectivity index (χ3n) is 1.75. The van der Waals surface area contributed by atoms with Crippen molar-refractivity contribution in [2.75, 3.05) is 6.61 Å². The van der Waals surface area contributed by atoms with Gasteiger partial charge < -0.3 is 4.74 Å². The van der Waals surface area contributed by atoms with E-state index in [-0.39, 0.29) is 0 Å². The van der Waals surface area contributed by atoms with Gasteiger partial charge in [0.2, 0.25) is 0 Å². The fourth-order valence-corrected chi connectivity index (χ4v) is 1.05. The fourth-order valence-electron chi connectivity index (χ4n) is 1.05. The van der Waals surface area contributed by atoms with Crippen molar-refractivity contribution in [2.45, 2.75) is 19.3 Å². The van der Waals surface area contributed by atoms with Crippen LogP contribution in [0.2, 0.25) is 0 Å². The molecule has 0 heterocycles. The fraction of sp³-hybridized carbons (Fsp3) is 0.333. The van der Waals surface area contributed by atoms with Gasteiger partial charge in [-0.1, -0.05) is 6.08 Å². The molecule has 1 aromatic carbocycles. The summed E-state index contributed by atoms with van der Waals surface area (Å²) in [5, 5.41) is 0. The van der Waals surface area contributed by atoms with Gasteiger partial charge >= 0.3 is 30.0 Å². The van der Waals surface area contributed by atoms with E-state index in [2.05, 4.69) is 26.3 Å². The number of unbranched alkanes of at least 4 members (excludes halogenated alkanes) is 2. The molecule has 15 heavy (non-hydrogen) atoms. The third-order valence-corrected chi connectivity index (χ3v) is 1.75. The van der Waals surface area contributed by atoms with Crippen molar-refractivity contribution in [3.8, 4) is 5.75 Å². The maximum atomic E-state index is 5.49. The number of hydrogen-bond donors (Lipinski definition) is 0. The van der Waals surface area contributed by atoms with Crippen LogP contribution in [0.1, 0.15) is 19.3 Å². The number of ether oxygens (including phenoxy) is 1. The zero-order valence-corrected chi connectivity index (χ0v) is 13.5. The van der Waals surface area contributed by atoms with E-state index in [1.165, 1.54) is 16.3 Å². The second kappa shape index (κ2) is 11.9. The van der Waals surface area contributed by atoms with Crippen LogP contribution < -0.4 is 4.74 Å². The van der Waals surface area contributed by atoms with Gasteiger partial charge in [0.15, 0.2) is 0 Å². The quantitative estimate of drug-likeness (QED) is 0.332. The summed E-state index contributed by atoms with van der Waals surface area (Å²) in [6.07, 6.45) is 5.25. The molecule has 0 aromatic heterocycles. The van der Waals surface area contributed by atoms with E-state index >= 15 is 0 Å². The maximum absolute atomic E-state index is 5.49. The first-order valence-electron chi connectivity index (χ1n) is 4.90. The van der Waals surface area contributed by atoms with E-state index in [1.807, 2.05) is 30.3 Å². The normalized spacial score (nSPS) is 8.73. The predicted octanol–water partition coefficient (Wildman–Crippen LogP) is 4.06. The summed E-state index contributed by atoms with van der Waals surface area (Å²) in [4.78, 5) is 0. The van der Waals surface area contributed by atoms with Crippen LogP contribution in [0.25, 0.3) is 0 Å². The molecule has 0 radical (unpaired) electrons. The Bertz CT molecular complexity index is 239. The summed E-state index contributed by atoms with van der Waals surface area (Å²) < 4.78 is 5.49. The molecule has 0 unspecified atom stereocenters. The van der Waals surface area contributed by atoms with Gasteiger partial charge in [-0.15, -0.1) is 18.7 Å². The molecule has 1 nitrogen and oxygen atoms in total. The Hall–Kier alpha value is -0.137. The average molecular weight is 321 g/mol. The molecule has 0 bridgehead atoms. The Kier molecular flexibility index (Phi) is 11.8. The zero-order chi connectivity index (χ0) is 11.4. The average Bonchev–Trinajstić information content (AvgIpc) is 2.33. The monoisotopic (exact) mass is 318 g/mol. The second-order valence-corrected chi connectivity index (χ2v) is 2.87. The van der Waals surface area contributed by atoms with Crippen LogP contribution in [-0.2, 0) is 16.3 Å². The van der Waals surface area contributed by atoms with Crippen LogP contribution in [0, 0.1) is 6.07 Å². The molecule has 0 spiro atoms. The number of hydrogen-bond acceptors (Lipinski definition) is 1. The molecule has 0 aliphatic heterocycles. The molecule has 0 N–H and O–H groups in total. The van der Waals surface area contributed by atoms with Crippen LogP contribution in [-0.4, -0.2) is 6.61 Å². The van der Waals surface area contributed by atoms with E-state index in [1.54, 1.807) is 0 Å². The molecule has 0 aliphatic rings. The van der Waals surface area contributed by atoms with Gasteiger partial charge in [-0.2, -0.15) is 18.2 Å². The van der Waals surface area contributed by atoms with Crippen LogP contribution in [0.3, 0.4) is 0 Å². The number of allylic oxidation sites excluding steroid dienone is 1. The van der Waals surface area contributed by atoms with Crippen LogP contribution in [0.15, 0.2) is 36.9 Å². The van der Waals surface area contributed by atoms with Gasteiger partial charge in [0.05, 0.1) is 6.61 Å². The van der Waals surface area contributed by atoms with Crippen molar-refractivity contribution in [3.63, 3.8) is 0 Å². The van der Waals surface area contributed by atoms with Gasteiger partial charge in [-0.3, -0.25) is 0 Å². The van der Waals surface area contributed by atoms with Crippen LogP contribution >= 0.6 is 13.6 Å². The summed E-state index contributed by atoms with van der Waals surface area (Å²) in [5.41, 5.74) is 0. The van der Waals surface area contributed by atoms with Crippen molar-refractivity contribution in [3.05, 3.63) is 43.0 Å². The van der Waals surface area contributed by atoms with Gasteiger partial charge in [0.25, 0.3) is 0 Å². The minimum atomic E-state index is 0.783. The Labute approximate surface area is 109 Å². The molecular weight excluding hydrogens is 305 g/mol. The van der Waals surface area contributed by atoms with Crippen molar-refractivity contribution in [1.29, 1.82) is 0 Å². The van der Waals surface area contributed by atoms with E-state index in [9.17, 15) is 0 Å². The van der Waals surface area contributed by atoms with E-state index < -0.39 is 0 Å². The van der Waals surface area contributed by atoms with Crippen molar-refractivity contribution in [2.24, 2.45) is 0 Å². The number of rotatable bonds is 6. The Morgan fingerprint density at radius 1 is 1.47 bits per heavy atom. The molecule has 0 aliphatic carbocycles. The molecule has 3 heteroatoms. The molecule has 0 amide bonds. The van der Waals surface area contributed by atoms with Crippen molar-refractivity contribution in [1.82, 2.24) is 0 Å². The summed E-state index contributed by atoms with van der Waals surface area (Å²) in [7, 11) is 0. The minimum absolute atomic E-state index is 0.783. The van der Waals surface area contributed by atoms with E-state index in [0.717, 1.165) is 31.6 Å². The van der Waals surface area contributed by atoms with Gasteiger partial charge in [0.1, 0.15) is 0 Å². The van der Waals surface area contributed by atoms with Crippen LogP contribution in [0.5, 0.6) is 5.75 Å². The van der Waals surface area contributed by atoms with Gasteiger partial charge in [0, 0.05) is 5.75 Å². The molecule has 0 atom stereocenters. The molecule has 0 fully saturated rings. The van der Waals surface area contributed by atoms with Crippen LogP contribution in [0.4, 0.5) is 0 Å². The molecule has 0 saturated carbocycles. The summed E-state index contributed by atoms with van der Waals surface area (Å²) in [5.74, 6) is 0.904. The summed E-state index contributed by atoms with van der Waals surface area (Å²) in [6, 6.07) is 10.6. The molecular formula is C12H15BrOZn. The second-order valence-electron chi connectivity index (χ2n) is 2.87. The number of benzene rings is 1. The molecule has 0 saturated heterocycles. The Morgan fingerprint density at radius 2 is 2.27 bits per heavy atom. The molecule has 1 rings (SSSR count). The third kappa shape index (κ3) is 8.83. The Morgan fingerprint density at radius 3 is 2.87 bits per heavy atom. The Balaban J connectivity index is 0.000000921. The van der Waals surface area contributed by atoms with Crippen molar-refractivity contribution >= 4 is 13.6 Å². The summed E-state index contributed by atoms with van der Waals surface area (Å²) in [6.45, 7) is 4.45. The van der Waals surface area contributed by atoms with Gasteiger partial charge in [-0.25, -0.2) is 0 Å². The molecule has 78 valence electrons. The first-order chi connectivity index (χ1) is 7.43. The van der Waals surface area contributed by atoms with Crippen molar-refractivity contribution < 1.29 is 21.1 Å². The first kappa shape index (κ1) is 14.9. The topological polar surface area (TPSA) is 9.23 Å². The summed E-state index contributed by atoms with van der Waals surface area (Å²) >= 11 is 4.25. The van der Waals surface area contributed by atoms with Gasteiger partial charge in [-0.05, 0) is 19.3 Å². The molecule has 1 aromatic rings. The first-order valence-corrected chi connectivity index (χ1v) is 11.8. The van der Waals surface area contributed by atoms with E-state index in [4.69, 9.17) is 4.74 Å². The zero-order valence-electron chi connectivity index (χ0n) is 8.92. The van der Waals surface area contributed by atoms with E-state index in [0.29, 0.717) is 0 Å². The SMILES string of the molecule is C=CCCCCOc1c[c-]ccc1.[Zn+][Br]. The standard InChI is InChI=1S/C12H15O.BrH.Zn/c1-2-3-4-8-11-13-12-9-6-5-7-10-12;;/h2,5-6,9-10H,1,3-4,8,11H2;1H;/q-1;;+2/p-1. The number of halogens is 1. The predicted molar refractivity (Wildman–Crippen MR) is 63.7 cm³/mol.